The minimum atomic E-state index is -3.33. The minimum absolute atomic E-state index is 0.0123. The Morgan fingerprint density at radius 1 is 1.25 bits per heavy atom. The highest BCUT2D eigenvalue weighted by Gasteiger charge is 2.31. The molecule has 152 valence electrons. The third-order valence-electron chi connectivity index (χ3n) is 4.60. The maximum atomic E-state index is 12.8. The topological polar surface area (TPSA) is 106 Å². The number of thioether (sulfide) groups is 1. The molecular weight excluding hydrogens is 418 g/mol. The van der Waals surface area contributed by atoms with Gasteiger partial charge in [-0.1, -0.05) is 16.3 Å². The second kappa shape index (κ2) is 8.42. The number of aryl methyl sites for hydroxylation is 2. The summed E-state index contributed by atoms with van der Waals surface area (Å²) in [7, 11) is -3.33. The number of nitrogens with zero attached hydrogens (tertiary/aromatic N) is 5. The van der Waals surface area contributed by atoms with E-state index in [9.17, 15) is 13.2 Å². The lowest BCUT2D eigenvalue weighted by Gasteiger charge is -2.32. The first-order valence-electron chi connectivity index (χ1n) is 8.95. The number of carbonyl (C=O) groups is 1. The van der Waals surface area contributed by atoms with E-state index in [1.165, 1.54) is 18.0 Å². The second-order valence-electron chi connectivity index (χ2n) is 7.01. The normalized spacial score (nSPS) is 16.9. The van der Waals surface area contributed by atoms with Crippen molar-refractivity contribution in [2.45, 2.75) is 54.1 Å². The molecule has 28 heavy (non-hydrogen) atoms. The van der Waals surface area contributed by atoms with Crippen LogP contribution in [-0.2, 0) is 14.6 Å². The second-order valence-corrected chi connectivity index (χ2v) is 11.3. The summed E-state index contributed by atoms with van der Waals surface area (Å²) in [5.41, 5.74) is 2.31. The number of carbonyl (C=O) groups excluding carboxylic acids is 1. The SMILES string of the molecule is Cc1cc(C)nc(S[C@H](C)C(=O)N2CCC(c3nnsc3S(C)(=O)=O)CC2)n1. The molecule has 0 radical (unpaired) electrons. The zero-order chi connectivity index (χ0) is 20.5. The van der Waals surface area contributed by atoms with E-state index < -0.39 is 9.84 Å². The summed E-state index contributed by atoms with van der Waals surface area (Å²) in [4.78, 5) is 23.4. The van der Waals surface area contributed by atoms with Crippen LogP contribution in [-0.4, -0.2) is 63.4 Å². The quantitative estimate of drug-likeness (QED) is 0.514. The predicted octanol–water partition coefficient (Wildman–Crippen LogP) is 2.24. The molecule has 0 unspecified atom stereocenters. The van der Waals surface area contributed by atoms with Crippen molar-refractivity contribution in [2.24, 2.45) is 0 Å². The van der Waals surface area contributed by atoms with Gasteiger partial charge in [0.05, 0.1) is 10.9 Å². The number of sulfone groups is 1. The van der Waals surface area contributed by atoms with Crippen LogP contribution in [0.25, 0.3) is 0 Å². The molecule has 0 bridgehead atoms. The van der Waals surface area contributed by atoms with E-state index in [2.05, 4.69) is 19.6 Å². The standard InChI is InChI=1S/C17H23N5O3S3/c1-10-9-11(2)19-17(18-10)26-12(3)15(23)22-7-5-13(6-8-22)14-16(27-21-20-14)28(4,24)25/h9,12-13H,5-8H2,1-4H3/t12-/m1/s1. The highest BCUT2D eigenvalue weighted by Crippen LogP contribution is 2.33. The summed E-state index contributed by atoms with van der Waals surface area (Å²) in [6, 6.07) is 1.90. The van der Waals surface area contributed by atoms with Crippen molar-refractivity contribution in [3.05, 3.63) is 23.1 Å². The average Bonchev–Trinajstić information content (AvgIpc) is 3.10. The lowest BCUT2D eigenvalue weighted by atomic mass is 9.94. The molecule has 0 aliphatic carbocycles. The van der Waals surface area contributed by atoms with Gasteiger partial charge in [-0.2, -0.15) is 0 Å². The maximum Gasteiger partial charge on any atom is 0.235 e. The molecule has 0 aromatic carbocycles. The van der Waals surface area contributed by atoms with Crippen LogP contribution in [0.3, 0.4) is 0 Å². The zero-order valence-electron chi connectivity index (χ0n) is 16.2. The molecule has 2 aromatic heterocycles. The molecule has 0 saturated carbocycles. The molecular formula is C17H23N5O3S3. The van der Waals surface area contributed by atoms with E-state index in [1.807, 2.05) is 31.7 Å². The molecule has 0 spiro atoms. The van der Waals surface area contributed by atoms with Crippen molar-refractivity contribution in [3.63, 3.8) is 0 Å². The first-order chi connectivity index (χ1) is 13.1. The lowest BCUT2D eigenvalue weighted by molar-refractivity contribution is -0.131. The van der Waals surface area contributed by atoms with Crippen LogP contribution in [0.4, 0.5) is 0 Å². The molecule has 0 N–H and O–H groups in total. The van der Waals surface area contributed by atoms with Crippen LogP contribution in [0.5, 0.6) is 0 Å². The van der Waals surface area contributed by atoms with Gasteiger partial charge in [0.25, 0.3) is 0 Å². The summed E-state index contributed by atoms with van der Waals surface area (Å²) >= 11 is 2.28. The van der Waals surface area contributed by atoms with E-state index in [-0.39, 0.29) is 21.3 Å². The van der Waals surface area contributed by atoms with Crippen molar-refractivity contribution in [1.29, 1.82) is 0 Å². The number of hydrogen-bond donors (Lipinski definition) is 0. The van der Waals surface area contributed by atoms with E-state index in [0.717, 1.165) is 22.9 Å². The van der Waals surface area contributed by atoms with Crippen LogP contribution >= 0.6 is 23.3 Å². The van der Waals surface area contributed by atoms with Crippen LogP contribution in [0.1, 0.15) is 42.8 Å². The molecule has 3 heterocycles. The number of amides is 1. The lowest BCUT2D eigenvalue weighted by Crippen LogP contribution is -2.42. The fourth-order valence-electron chi connectivity index (χ4n) is 3.28. The van der Waals surface area contributed by atoms with Gasteiger partial charge in [-0.3, -0.25) is 4.79 Å². The fraction of sp³-hybridized carbons (Fsp3) is 0.588. The Kier molecular flexibility index (Phi) is 6.35. The maximum absolute atomic E-state index is 12.8. The molecule has 3 rings (SSSR count). The summed E-state index contributed by atoms with van der Waals surface area (Å²) in [6.45, 7) is 6.83. The molecule has 2 aromatic rings. The highest BCUT2D eigenvalue weighted by molar-refractivity contribution is 8.00. The first-order valence-corrected chi connectivity index (χ1v) is 12.5. The largest absolute Gasteiger partial charge is 0.342 e. The molecule has 1 amide bonds. The Morgan fingerprint density at radius 2 is 1.86 bits per heavy atom. The Balaban J connectivity index is 1.61. The Bertz CT molecular complexity index is 948. The third-order valence-corrected chi connectivity index (χ3v) is 8.10. The third kappa shape index (κ3) is 4.87. The van der Waals surface area contributed by atoms with Crippen molar-refractivity contribution < 1.29 is 13.2 Å². The number of aromatic nitrogens is 4. The summed E-state index contributed by atoms with van der Waals surface area (Å²) in [5, 5.41) is 4.37. The van der Waals surface area contributed by atoms with Gasteiger partial charge in [-0.15, -0.1) is 5.10 Å². The summed E-state index contributed by atoms with van der Waals surface area (Å²) in [5.74, 6) is 0.0594. The van der Waals surface area contributed by atoms with Gasteiger partial charge in [0.2, 0.25) is 5.91 Å². The van der Waals surface area contributed by atoms with Gasteiger partial charge in [-0.05, 0) is 39.7 Å². The van der Waals surface area contributed by atoms with E-state index >= 15 is 0 Å². The summed E-state index contributed by atoms with van der Waals surface area (Å²) in [6.07, 6.45) is 2.53. The van der Waals surface area contributed by atoms with Crippen LogP contribution in [0.2, 0.25) is 0 Å². The van der Waals surface area contributed by atoms with Gasteiger partial charge in [0.15, 0.2) is 19.2 Å². The summed E-state index contributed by atoms with van der Waals surface area (Å²) < 4.78 is 27.8. The Morgan fingerprint density at radius 3 is 2.43 bits per heavy atom. The van der Waals surface area contributed by atoms with Crippen molar-refractivity contribution in [1.82, 2.24) is 24.5 Å². The predicted molar refractivity (Wildman–Crippen MR) is 108 cm³/mol. The highest BCUT2D eigenvalue weighted by atomic mass is 32.2. The molecule has 1 fully saturated rings. The Hall–Kier alpha value is -1.59. The average molecular weight is 442 g/mol. The molecule has 8 nitrogen and oxygen atoms in total. The van der Waals surface area contributed by atoms with Crippen molar-refractivity contribution in [2.75, 3.05) is 19.3 Å². The van der Waals surface area contributed by atoms with Crippen LogP contribution < -0.4 is 0 Å². The van der Waals surface area contributed by atoms with E-state index in [4.69, 9.17) is 0 Å². The number of hydrogen-bond acceptors (Lipinski definition) is 9. The van der Waals surface area contributed by atoms with Gasteiger partial charge in [0, 0.05) is 48.2 Å². The van der Waals surface area contributed by atoms with Gasteiger partial charge < -0.3 is 4.90 Å². The first kappa shape index (κ1) is 21.1. The Labute approximate surface area is 173 Å². The smallest absolute Gasteiger partial charge is 0.235 e. The fourth-order valence-corrected chi connectivity index (χ4v) is 5.97. The van der Waals surface area contributed by atoms with Crippen molar-refractivity contribution >= 4 is 39.0 Å². The molecule has 1 aliphatic heterocycles. The van der Waals surface area contributed by atoms with Crippen LogP contribution in [0.15, 0.2) is 15.4 Å². The molecule has 1 atom stereocenters. The molecule has 1 saturated heterocycles. The van der Waals surface area contributed by atoms with Crippen molar-refractivity contribution in [3.8, 4) is 0 Å². The molecule has 1 aliphatic rings. The number of likely N-dealkylation sites (tertiary alicyclic amines) is 1. The van der Waals surface area contributed by atoms with Crippen LogP contribution in [0, 0.1) is 13.8 Å². The van der Waals surface area contributed by atoms with Gasteiger partial charge >= 0.3 is 0 Å². The minimum Gasteiger partial charge on any atom is -0.342 e. The number of piperidine rings is 1. The zero-order valence-corrected chi connectivity index (χ0v) is 18.7. The van der Waals surface area contributed by atoms with Gasteiger partial charge in [-0.25, -0.2) is 18.4 Å². The van der Waals surface area contributed by atoms with E-state index in [1.54, 1.807) is 0 Å². The van der Waals surface area contributed by atoms with Gasteiger partial charge in [0.1, 0.15) is 0 Å². The monoisotopic (exact) mass is 441 g/mol. The number of rotatable bonds is 5. The van der Waals surface area contributed by atoms with E-state index in [0.29, 0.717) is 36.8 Å². The molecule has 11 heteroatoms.